The van der Waals surface area contributed by atoms with Crippen molar-refractivity contribution in [1.29, 1.82) is 0 Å². The second-order valence-electron chi connectivity index (χ2n) is 2.78. The van der Waals surface area contributed by atoms with Crippen LogP contribution in [-0.2, 0) is 0 Å². The first kappa shape index (κ1) is 15.2. The molecular formula is C5H10Cl6Si2. The van der Waals surface area contributed by atoms with E-state index in [4.69, 9.17) is 66.5 Å². The average Bonchev–Trinajstić information content (AvgIpc) is 1.84. The Morgan fingerprint density at radius 3 is 1.00 bits per heavy atom. The van der Waals surface area contributed by atoms with Gasteiger partial charge in [0.2, 0.25) is 0 Å². The summed E-state index contributed by atoms with van der Waals surface area (Å²) in [6.45, 7) is 3.79. The number of halogens is 6. The first-order valence-electron chi connectivity index (χ1n) is 3.76. The maximum absolute atomic E-state index is 5.99. The molecule has 0 aliphatic rings. The van der Waals surface area contributed by atoms with Gasteiger partial charge in [-0.3, -0.25) is 0 Å². The van der Waals surface area contributed by atoms with Crippen LogP contribution in [0.3, 0.4) is 0 Å². The molecule has 0 radical (unpaired) electrons. The van der Waals surface area contributed by atoms with Gasteiger partial charge in [-0.1, -0.05) is 13.8 Å². The van der Waals surface area contributed by atoms with Gasteiger partial charge in [0.25, 0.3) is 0 Å². The van der Waals surface area contributed by atoms with Gasteiger partial charge in [0, 0.05) is 4.66 Å². The van der Waals surface area contributed by atoms with Gasteiger partial charge >= 0.3 is 12.0 Å². The molecule has 0 rings (SSSR count). The van der Waals surface area contributed by atoms with Crippen LogP contribution in [0.15, 0.2) is 0 Å². The summed E-state index contributed by atoms with van der Waals surface area (Å²) in [4.78, 5) is 0. The van der Waals surface area contributed by atoms with Crippen LogP contribution in [0.2, 0.25) is 4.66 Å². The van der Waals surface area contributed by atoms with Gasteiger partial charge < -0.3 is 0 Å². The molecule has 0 aromatic heterocycles. The molecule has 0 fully saturated rings. The van der Waals surface area contributed by atoms with Crippen LogP contribution in [0.25, 0.3) is 0 Å². The minimum atomic E-state index is -2.99. The van der Waals surface area contributed by atoms with E-state index in [1.54, 1.807) is 0 Å². The number of hydrogen-bond acceptors (Lipinski definition) is 0. The number of rotatable bonds is 4. The Morgan fingerprint density at radius 2 is 1.00 bits per heavy atom. The zero-order chi connectivity index (χ0) is 10.9. The molecule has 0 spiro atoms. The monoisotopic (exact) mass is 336 g/mol. The fraction of sp³-hybridized carbons (Fsp3) is 1.00. The molecule has 0 heterocycles. The van der Waals surface area contributed by atoms with E-state index in [2.05, 4.69) is 0 Å². The summed E-state index contributed by atoms with van der Waals surface area (Å²) in [6.07, 6.45) is 1.21. The quantitative estimate of drug-likeness (QED) is 0.475. The van der Waals surface area contributed by atoms with E-state index in [1.165, 1.54) is 0 Å². The normalized spacial score (nSPS) is 14.8. The molecule has 0 saturated carbocycles. The molecule has 0 bridgehead atoms. The first-order chi connectivity index (χ1) is 5.62. The maximum Gasteiger partial charge on any atom is 0.348 e. The fourth-order valence-electron chi connectivity index (χ4n) is 1.21. The minimum absolute atomic E-state index is 0.606. The van der Waals surface area contributed by atoms with Gasteiger partial charge in [-0.2, -0.15) is 0 Å². The van der Waals surface area contributed by atoms with Crippen LogP contribution < -0.4 is 0 Å². The van der Waals surface area contributed by atoms with Crippen LogP contribution in [-0.4, -0.2) is 12.0 Å². The van der Waals surface area contributed by atoms with E-state index in [0.717, 1.165) is 0 Å². The Morgan fingerprint density at radius 1 is 0.769 bits per heavy atom. The topological polar surface area (TPSA) is 0 Å². The lowest BCUT2D eigenvalue weighted by molar-refractivity contribution is 0.681. The summed E-state index contributed by atoms with van der Waals surface area (Å²) in [6, 6.07) is -5.98. The molecular weight excluding hydrogens is 329 g/mol. The van der Waals surface area contributed by atoms with Gasteiger partial charge in [0.05, 0.1) is 0 Å². The molecule has 0 unspecified atom stereocenters. The average molecular weight is 339 g/mol. The van der Waals surface area contributed by atoms with Gasteiger partial charge in [-0.05, 0) is 12.8 Å². The molecule has 0 aromatic carbocycles. The predicted octanol–water partition coefficient (Wildman–Crippen LogP) is 5.40. The van der Waals surface area contributed by atoms with E-state index >= 15 is 0 Å². The molecule has 8 heteroatoms. The molecule has 13 heavy (non-hydrogen) atoms. The molecule has 0 amide bonds. The third-order valence-corrected chi connectivity index (χ3v) is 17.5. The highest BCUT2D eigenvalue weighted by Crippen LogP contribution is 2.61. The Kier molecular flexibility index (Phi) is 5.84. The molecule has 0 aromatic rings. The zero-order valence-electron chi connectivity index (χ0n) is 7.18. The summed E-state index contributed by atoms with van der Waals surface area (Å²) in [5.41, 5.74) is 0. The Balaban J connectivity index is 5.17. The molecule has 0 saturated heterocycles. The van der Waals surface area contributed by atoms with Gasteiger partial charge in [-0.15, -0.1) is 66.5 Å². The highest BCUT2D eigenvalue weighted by atomic mass is 35.8. The van der Waals surface area contributed by atoms with E-state index in [-0.39, 0.29) is 0 Å². The molecule has 80 valence electrons. The smallest absolute Gasteiger partial charge is 0.126 e. The molecule has 0 nitrogen and oxygen atoms in total. The molecule has 0 aliphatic heterocycles. The van der Waals surface area contributed by atoms with Gasteiger partial charge in [0.15, 0.2) is 0 Å². The van der Waals surface area contributed by atoms with Crippen LogP contribution in [0.5, 0.6) is 0 Å². The number of hydrogen-bond donors (Lipinski definition) is 0. The van der Waals surface area contributed by atoms with Crippen molar-refractivity contribution in [2.75, 3.05) is 0 Å². The lowest BCUT2D eigenvalue weighted by atomic mass is 10.2. The Hall–Kier alpha value is 2.17. The molecule has 0 atom stereocenters. The van der Waals surface area contributed by atoms with E-state index < -0.39 is 16.7 Å². The zero-order valence-corrected chi connectivity index (χ0v) is 13.7. The van der Waals surface area contributed by atoms with E-state index in [9.17, 15) is 0 Å². The van der Waals surface area contributed by atoms with Crippen molar-refractivity contribution in [3.63, 3.8) is 0 Å². The van der Waals surface area contributed by atoms with Crippen molar-refractivity contribution in [2.45, 2.75) is 31.4 Å². The highest BCUT2D eigenvalue weighted by molar-refractivity contribution is 7.76. The third kappa shape index (κ3) is 3.07. The lowest BCUT2D eigenvalue weighted by Gasteiger charge is -2.40. The van der Waals surface area contributed by atoms with Crippen molar-refractivity contribution in [2.24, 2.45) is 0 Å². The van der Waals surface area contributed by atoms with Crippen molar-refractivity contribution < 1.29 is 0 Å². The van der Waals surface area contributed by atoms with Crippen molar-refractivity contribution >= 4 is 78.5 Å². The Labute approximate surface area is 109 Å². The minimum Gasteiger partial charge on any atom is -0.126 e. The summed E-state index contributed by atoms with van der Waals surface area (Å²) in [5, 5.41) is 0. The first-order valence-corrected chi connectivity index (χ1v) is 13.8. The van der Waals surface area contributed by atoms with Crippen LogP contribution >= 0.6 is 66.5 Å². The SMILES string of the molecule is CCC(CC)([Si](Cl)(Cl)Cl)[Si](Cl)(Cl)Cl. The molecule has 0 N–H and O–H groups in total. The summed E-state index contributed by atoms with van der Waals surface area (Å²) in [5.74, 6) is 0. The van der Waals surface area contributed by atoms with Crippen molar-refractivity contribution in [1.82, 2.24) is 0 Å². The van der Waals surface area contributed by atoms with Crippen LogP contribution in [0.4, 0.5) is 0 Å². The van der Waals surface area contributed by atoms with Gasteiger partial charge in [0.1, 0.15) is 0 Å². The van der Waals surface area contributed by atoms with E-state index in [1.807, 2.05) is 13.8 Å². The second kappa shape index (κ2) is 5.00. The van der Waals surface area contributed by atoms with Gasteiger partial charge in [-0.25, -0.2) is 0 Å². The Bertz CT molecular complexity index is 151. The third-order valence-electron chi connectivity index (χ3n) is 2.29. The van der Waals surface area contributed by atoms with Crippen molar-refractivity contribution in [3.05, 3.63) is 0 Å². The summed E-state index contributed by atoms with van der Waals surface area (Å²) in [7, 11) is 0. The maximum atomic E-state index is 5.99. The van der Waals surface area contributed by atoms with E-state index in [0.29, 0.717) is 12.8 Å². The van der Waals surface area contributed by atoms with Crippen molar-refractivity contribution in [3.8, 4) is 0 Å². The standard InChI is InChI=1S/C5H10Cl6Si2/c1-3-5(4-2,12(6,7)8)13(9,10)11/h3-4H2,1-2H3. The van der Waals surface area contributed by atoms with Crippen LogP contribution in [0, 0.1) is 0 Å². The largest absolute Gasteiger partial charge is 0.348 e. The summed E-state index contributed by atoms with van der Waals surface area (Å²) >= 11 is 36.0. The summed E-state index contributed by atoms with van der Waals surface area (Å²) < 4.78 is -0.671. The lowest BCUT2D eigenvalue weighted by Crippen LogP contribution is -2.46. The molecule has 0 aliphatic carbocycles. The fourth-order valence-corrected chi connectivity index (χ4v) is 20.5. The van der Waals surface area contributed by atoms with Crippen LogP contribution in [0.1, 0.15) is 26.7 Å². The predicted molar refractivity (Wildman–Crippen MR) is 69.9 cm³/mol. The highest BCUT2D eigenvalue weighted by Gasteiger charge is 2.62. The second-order valence-corrected chi connectivity index (χ2v) is 20.9.